The molecule has 5 nitrogen and oxygen atoms in total. The molecule has 0 aliphatic rings. The Bertz CT molecular complexity index is 306. The van der Waals surface area contributed by atoms with Gasteiger partial charge in [0.05, 0.1) is 18.4 Å². The summed E-state index contributed by atoms with van der Waals surface area (Å²) in [5, 5.41) is 9.74. The maximum atomic E-state index is 11.2. The van der Waals surface area contributed by atoms with Gasteiger partial charge in [0.15, 0.2) is 0 Å². The molecule has 1 rings (SSSR count). The highest BCUT2D eigenvalue weighted by atomic mass is 16.1. The molecule has 0 aromatic carbocycles. The molecule has 0 aliphatic heterocycles. The van der Waals surface area contributed by atoms with Gasteiger partial charge in [-0.05, 0) is 13.8 Å². The van der Waals surface area contributed by atoms with Gasteiger partial charge in [-0.25, -0.2) is 0 Å². The summed E-state index contributed by atoms with van der Waals surface area (Å²) in [6.45, 7) is 4.15. The summed E-state index contributed by atoms with van der Waals surface area (Å²) in [6, 6.07) is 0.179. The number of anilines is 1. The van der Waals surface area contributed by atoms with Gasteiger partial charge < -0.3 is 10.6 Å². The average molecular weight is 196 g/mol. The molecular formula is C9H16N4O. The minimum atomic E-state index is -0.0103. The van der Waals surface area contributed by atoms with Crippen molar-refractivity contribution in [1.82, 2.24) is 15.1 Å². The molecule has 0 fully saturated rings. The lowest BCUT2D eigenvalue weighted by Crippen LogP contribution is -2.34. The molecule has 1 aromatic heterocycles. The lowest BCUT2D eigenvalue weighted by Gasteiger charge is -2.08. The van der Waals surface area contributed by atoms with Gasteiger partial charge in [0.1, 0.15) is 0 Å². The molecule has 0 aliphatic carbocycles. The van der Waals surface area contributed by atoms with Gasteiger partial charge >= 0.3 is 0 Å². The second kappa shape index (κ2) is 4.64. The average Bonchev–Trinajstić information content (AvgIpc) is 2.47. The Hall–Kier alpha value is -1.52. The summed E-state index contributed by atoms with van der Waals surface area (Å²) in [4.78, 5) is 11.2. The molecule has 0 saturated carbocycles. The van der Waals surface area contributed by atoms with Crippen LogP contribution in [-0.2, 0) is 11.8 Å². The minimum absolute atomic E-state index is 0.0103. The summed E-state index contributed by atoms with van der Waals surface area (Å²) < 4.78 is 1.68. The van der Waals surface area contributed by atoms with Crippen LogP contribution in [0, 0.1) is 0 Å². The van der Waals surface area contributed by atoms with Crippen LogP contribution in [0.5, 0.6) is 0 Å². The van der Waals surface area contributed by atoms with Gasteiger partial charge in [-0.3, -0.25) is 9.48 Å². The van der Waals surface area contributed by atoms with Gasteiger partial charge in [-0.2, -0.15) is 5.10 Å². The summed E-state index contributed by atoms with van der Waals surface area (Å²) in [7, 11) is 1.83. The van der Waals surface area contributed by atoms with E-state index in [0.29, 0.717) is 0 Å². The number of nitrogens with zero attached hydrogens (tertiary/aromatic N) is 2. The van der Waals surface area contributed by atoms with E-state index in [2.05, 4.69) is 15.7 Å². The summed E-state index contributed by atoms with van der Waals surface area (Å²) in [5.74, 6) is -0.0103. The standard InChI is InChI=1S/C9H16N4O/c1-7(2)12-9(14)5-10-8-4-11-13(3)6-8/h4,6-7,10H,5H2,1-3H3,(H,12,14). The van der Waals surface area contributed by atoms with Gasteiger partial charge in [-0.15, -0.1) is 0 Å². The molecule has 0 bridgehead atoms. The zero-order chi connectivity index (χ0) is 10.6. The predicted molar refractivity (Wildman–Crippen MR) is 55.0 cm³/mol. The first-order chi connectivity index (χ1) is 6.58. The minimum Gasteiger partial charge on any atom is -0.374 e. The third-order valence-electron chi connectivity index (χ3n) is 1.61. The predicted octanol–water partition coefficient (Wildman–Crippen LogP) is 0.357. The molecule has 78 valence electrons. The highest BCUT2D eigenvalue weighted by Gasteiger charge is 2.02. The van der Waals surface area contributed by atoms with Crippen molar-refractivity contribution < 1.29 is 4.79 Å². The highest BCUT2D eigenvalue weighted by molar-refractivity contribution is 5.80. The molecular weight excluding hydrogens is 180 g/mol. The largest absolute Gasteiger partial charge is 0.374 e. The number of hydrogen-bond acceptors (Lipinski definition) is 3. The van der Waals surface area contributed by atoms with Gasteiger partial charge in [0, 0.05) is 19.3 Å². The fourth-order valence-electron chi connectivity index (χ4n) is 1.07. The smallest absolute Gasteiger partial charge is 0.239 e. The van der Waals surface area contributed by atoms with Crippen molar-refractivity contribution in [1.29, 1.82) is 0 Å². The Balaban J connectivity index is 2.30. The lowest BCUT2D eigenvalue weighted by atomic mass is 10.4. The summed E-state index contributed by atoms with van der Waals surface area (Å²) in [6.07, 6.45) is 3.51. The number of hydrogen-bond donors (Lipinski definition) is 2. The van der Waals surface area contributed by atoms with E-state index in [-0.39, 0.29) is 18.5 Å². The van der Waals surface area contributed by atoms with Crippen molar-refractivity contribution in [2.24, 2.45) is 7.05 Å². The zero-order valence-electron chi connectivity index (χ0n) is 8.74. The second-order valence-corrected chi connectivity index (χ2v) is 3.48. The molecule has 0 saturated heterocycles. The van der Waals surface area contributed by atoms with Gasteiger partial charge in [0.2, 0.25) is 5.91 Å². The molecule has 0 spiro atoms. The van der Waals surface area contributed by atoms with E-state index >= 15 is 0 Å². The molecule has 1 aromatic rings. The molecule has 14 heavy (non-hydrogen) atoms. The van der Waals surface area contributed by atoms with Gasteiger partial charge in [0.25, 0.3) is 0 Å². The molecule has 5 heteroatoms. The summed E-state index contributed by atoms with van der Waals surface area (Å²) >= 11 is 0. The number of nitrogens with one attached hydrogen (secondary N) is 2. The number of carbonyl (C=O) groups is 1. The number of aromatic nitrogens is 2. The number of carbonyl (C=O) groups excluding carboxylic acids is 1. The van der Waals surface area contributed by atoms with Crippen LogP contribution in [-0.4, -0.2) is 28.3 Å². The van der Waals surface area contributed by atoms with E-state index < -0.39 is 0 Å². The van der Waals surface area contributed by atoms with Crippen LogP contribution >= 0.6 is 0 Å². The van der Waals surface area contributed by atoms with Crippen LogP contribution < -0.4 is 10.6 Å². The first-order valence-electron chi connectivity index (χ1n) is 4.60. The first kappa shape index (κ1) is 10.6. The van der Waals surface area contributed by atoms with E-state index in [9.17, 15) is 4.79 Å². The van der Waals surface area contributed by atoms with Crippen LogP contribution in [0.3, 0.4) is 0 Å². The Kier molecular flexibility index (Phi) is 3.50. The van der Waals surface area contributed by atoms with E-state index in [1.165, 1.54) is 0 Å². The summed E-state index contributed by atoms with van der Waals surface area (Å²) in [5.41, 5.74) is 0.853. The van der Waals surface area contributed by atoms with Gasteiger partial charge in [-0.1, -0.05) is 0 Å². The molecule has 0 unspecified atom stereocenters. The van der Waals surface area contributed by atoms with Crippen molar-refractivity contribution in [3.05, 3.63) is 12.4 Å². The third-order valence-corrected chi connectivity index (χ3v) is 1.61. The topological polar surface area (TPSA) is 59.0 Å². The van der Waals surface area contributed by atoms with E-state index in [1.807, 2.05) is 27.1 Å². The Morgan fingerprint density at radius 3 is 2.86 bits per heavy atom. The number of rotatable bonds is 4. The van der Waals surface area contributed by atoms with Crippen LogP contribution in [0.15, 0.2) is 12.4 Å². The molecule has 2 N–H and O–H groups in total. The van der Waals surface area contributed by atoms with E-state index in [0.717, 1.165) is 5.69 Å². The van der Waals surface area contributed by atoms with Crippen LogP contribution in [0.25, 0.3) is 0 Å². The van der Waals surface area contributed by atoms with Crippen LogP contribution in [0.2, 0.25) is 0 Å². The number of aryl methyl sites for hydroxylation is 1. The lowest BCUT2D eigenvalue weighted by molar-refractivity contribution is -0.119. The van der Waals surface area contributed by atoms with Crippen molar-refractivity contribution >= 4 is 11.6 Å². The monoisotopic (exact) mass is 196 g/mol. The maximum Gasteiger partial charge on any atom is 0.239 e. The quantitative estimate of drug-likeness (QED) is 0.731. The third kappa shape index (κ3) is 3.47. The van der Waals surface area contributed by atoms with Crippen LogP contribution in [0.4, 0.5) is 5.69 Å². The highest BCUT2D eigenvalue weighted by Crippen LogP contribution is 2.01. The number of amides is 1. The molecule has 1 amide bonds. The maximum absolute atomic E-state index is 11.2. The second-order valence-electron chi connectivity index (χ2n) is 3.48. The Labute approximate surface area is 83.5 Å². The van der Waals surface area contributed by atoms with Crippen molar-refractivity contribution in [3.63, 3.8) is 0 Å². The SMILES string of the molecule is CC(C)NC(=O)CNc1cnn(C)c1. The van der Waals surface area contributed by atoms with Crippen molar-refractivity contribution in [3.8, 4) is 0 Å². The Morgan fingerprint density at radius 1 is 1.64 bits per heavy atom. The Morgan fingerprint density at radius 2 is 2.36 bits per heavy atom. The van der Waals surface area contributed by atoms with E-state index in [4.69, 9.17) is 0 Å². The molecule has 0 atom stereocenters. The molecule has 1 heterocycles. The molecule has 0 radical (unpaired) electrons. The fourth-order valence-corrected chi connectivity index (χ4v) is 1.07. The zero-order valence-corrected chi connectivity index (χ0v) is 8.74. The van der Waals surface area contributed by atoms with Crippen molar-refractivity contribution in [2.75, 3.05) is 11.9 Å². The normalized spacial score (nSPS) is 10.3. The first-order valence-corrected chi connectivity index (χ1v) is 4.60. The van der Waals surface area contributed by atoms with E-state index in [1.54, 1.807) is 10.9 Å². The van der Waals surface area contributed by atoms with Crippen LogP contribution in [0.1, 0.15) is 13.8 Å². The fraction of sp³-hybridized carbons (Fsp3) is 0.556. The van der Waals surface area contributed by atoms with Crippen molar-refractivity contribution in [2.45, 2.75) is 19.9 Å².